The highest BCUT2D eigenvalue weighted by Crippen LogP contribution is 2.24. The number of nitrogens with one attached hydrogen (secondary N) is 1. The fourth-order valence-electron chi connectivity index (χ4n) is 3.72. The van der Waals surface area contributed by atoms with Gasteiger partial charge in [0.2, 0.25) is 21.8 Å². The van der Waals surface area contributed by atoms with Gasteiger partial charge in [0.15, 0.2) is 0 Å². The monoisotopic (exact) mass is 411 g/mol. The molecule has 0 saturated carbocycles. The first-order chi connectivity index (χ1) is 13.3. The van der Waals surface area contributed by atoms with Crippen molar-refractivity contribution in [1.29, 1.82) is 0 Å². The molecule has 1 atom stereocenters. The van der Waals surface area contributed by atoms with Gasteiger partial charge in [-0.2, -0.15) is 4.31 Å². The minimum atomic E-state index is -3.70. The lowest BCUT2D eigenvalue weighted by molar-refractivity contribution is -0.136. The highest BCUT2D eigenvalue weighted by molar-refractivity contribution is 7.89. The number of amides is 2. The largest absolute Gasteiger partial charge is 0.344 e. The lowest BCUT2D eigenvalue weighted by Gasteiger charge is -2.31. The summed E-state index contributed by atoms with van der Waals surface area (Å²) in [4.78, 5) is 26.6. The average molecular weight is 411 g/mol. The number of carbonyl (C=O) groups excluding carboxylic acids is 2. The number of sulfonamides is 1. The van der Waals surface area contributed by atoms with Crippen molar-refractivity contribution in [2.75, 3.05) is 26.2 Å². The summed E-state index contributed by atoms with van der Waals surface area (Å²) in [5.74, 6) is -1.10. The van der Waals surface area contributed by atoms with Gasteiger partial charge in [-0.1, -0.05) is 0 Å². The molecule has 2 aliphatic heterocycles. The summed E-state index contributed by atoms with van der Waals surface area (Å²) < 4.78 is 39.6. The molecule has 1 aromatic rings. The van der Waals surface area contributed by atoms with Crippen LogP contribution in [0.25, 0.3) is 0 Å². The molecule has 28 heavy (non-hydrogen) atoms. The summed E-state index contributed by atoms with van der Waals surface area (Å²) in [6.45, 7) is 3.59. The topological polar surface area (TPSA) is 86.8 Å². The van der Waals surface area contributed by atoms with Crippen LogP contribution in [0.2, 0.25) is 0 Å². The maximum atomic E-state index is 13.0. The minimum absolute atomic E-state index is 0.0432. The molecule has 7 nitrogen and oxygen atoms in total. The molecule has 2 aliphatic rings. The predicted octanol–water partition coefficient (Wildman–Crippen LogP) is 1.35. The van der Waals surface area contributed by atoms with Crippen LogP contribution in [0.5, 0.6) is 0 Å². The van der Waals surface area contributed by atoms with Crippen molar-refractivity contribution >= 4 is 21.8 Å². The van der Waals surface area contributed by atoms with Crippen molar-refractivity contribution < 1.29 is 22.4 Å². The zero-order chi connectivity index (χ0) is 20.3. The van der Waals surface area contributed by atoms with Crippen molar-refractivity contribution in [3.05, 3.63) is 30.1 Å². The van der Waals surface area contributed by atoms with Gasteiger partial charge in [-0.15, -0.1) is 0 Å². The van der Waals surface area contributed by atoms with Gasteiger partial charge in [0.1, 0.15) is 11.9 Å². The number of hydrogen-bond donors (Lipinski definition) is 1. The first kappa shape index (κ1) is 20.7. The van der Waals surface area contributed by atoms with E-state index in [1.54, 1.807) is 11.8 Å². The minimum Gasteiger partial charge on any atom is -0.344 e. The van der Waals surface area contributed by atoms with Crippen LogP contribution in [-0.2, 0) is 19.6 Å². The lowest BCUT2D eigenvalue weighted by atomic mass is 9.97. The van der Waals surface area contributed by atoms with Crippen molar-refractivity contribution in [2.45, 2.75) is 43.5 Å². The summed E-state index contributed by atoms with van der Waals surface area (Å²) in [5, 5.41) is 2.78. The smallest absolute Gasteiger partial charge is 0.244 e. The number of carbonyl (C=O) groups is 2. The number of hydrogen-bond acceptors (Lipinski definition) is 4. The van der Waals surface area contributed by atoms with Crippen molar-refractivity contribution in [2.24, 2.45) is 5.92 Å². The Balaban J connectivity index is 1.53. The molecule has 3 rings (SSSR count). The number of halogens is 1. The van der Waals surface area contributed by atoms with Gasteiger partial charge in [-0.3, -0.25) is 9.59 Å². The van der Waals surface area contributed by atoms with Crippen LogP contribution in [0.3, 0.4) is 0 Å². The first-order valence-corrected chi connectivity index (χ1v) is 11.1. The van der Waals surface area contributed by atoms with E-state index in [0.29, 0.717) is 12.8 Å². The Hall–Kier alpha value is -2.00. The molecule has 0 bridgehead atoms. The Morgan fingerprint density at radius 2 is 1.64 bits per heavy atom. The average Bonchev–Trinajstić information content (AvgIpc) is 3.22. The van der Waals surface area contributed by atoms with E-state index in [4.69, 9.17) is 0 Å². The summed E-state index contributed by atoms with van der Waals surface area (Å²) in [6, 6.07) is 4.15. The van der Waals surface area contributed by atoms with E-state index in [-0.39, 0.29) is 35.7 Å². The molecule has 154 valence electrons. The van der Waals surface area contributed by atoms with Gasteiger partial charge >= 0.3 is 0 Å². The maximum absolute atomic E-state index is 13.0. The molecule has 2 fully saturated rings. The van der Waals surface area contributed by atoms with Crippen molar-refractivity contribution in [3.8, 4) is 0 Å². The Labute approximate surface area is 164 Å². The second-order valence-electron chi connectivity index (χ2n) is 7.39. The molecule has 9 heteroatoms. The zero-order valence-electron chi connectivity index (χ0n) is 15.9. The molecule has 0 aromatic heterocycles. The number of nitrogens with zero attached hydrogens (tertiary/aromatic N) is 2. The van der Waals surface area contributed by atoms with E-state index >= 15 is 0 Å². The molecule has 1 N–H and O–H groups in total. The van der Waals surface area contributed by atoms with Gasteiger partial charge in [-0.25, -0.2) is 12.8 Å². The highest BCUT2D eigenvalue weighted by Gasteiger charge is 2.33. The molecule has 0 aliphatic carbocycles. The highest BCUT2D eigenvalue weighted by atomic mass is 32.2. The summed E-state index contributed by atoms with van der Waals surface area (Å²) >= 11 is 0. The predicted molar refractivity (Wildman–Crippen MR) is 101 cm³/mol. The van der Waals surface area contributed by atoms with E-state index in [2.05, 4.69) is 5.32 Å². The third kappa shape index (κ3) is 4.52. The van der Waals surface area contributed by atoms with E-state index in [1.165, 1.54) is 16.4 Å². The van der Waals surface area contributed by atoms with Crippen LogP contribution >= 0.6 is 0 Å². The quantitative estimate of drug-likeness (QED) is 0.793. The number of piperidine rings is 1. The van der Waals surface area contributed by atoms with Crippen LogP contribution in [0.4, 0.5) is 4.39 Å². The molecule has 2 amide bonds. The molecule has 0 radical (unpaired) electrons. The fourth-order valence-corrected chi connectivity index (χ4v) is 5.19. The second kappa shape index (κ2) is 8.57. The Morgan fingerprint density at radius 1 is 1.07 bits per heavy atom. The Kier molecular flexibility index (Phi) is 6.34. The third-order valence-corrected chi connectivity index (χ3v) is 7.34. The van der Waals surface area contributed by atoms with Crippen LogP contribution in [-0.4, -0.2) is 61.7 Å². The van der Waals surface area contributed by atoms with Crippen LogP contribution < -0.4 is 5.32 Å². The van der Waals surface area contributed by atoms with Crippen LogP contribution in [0.15, 0.2) is 29.2 Å². The number of likely N-dealkylation sites (tertiary alicyclic amines) is 1. The van der Waals surface area contributed by atoms with Gasteiger partial charge in [0.25, 0.3) is 0 Å². The van der Waals surface area contributed by atoms with E-state index in [1.807, 2.05) is 0 Å². The molecular formula is C19H26FN3O4S. The molecular weight excluding hydrogens is 385 g/mol. The van der Waals surface area contributed by atoms with Gasteiger partial charge < -0.3 is 10.2 Å². The first-order valence-electron chi connectivity index (χ1n) is 9.64. The van der Waals surface area contributed by atoms with Crippen molar-refractivity contribution in [3.63, 3.8) is 0 Å². The van der Waals surface area contributed by atoms with Gasteiger partial charge in [-0.05, 0) is 56.9 Å². The van der Waals surface area contributed by atoms with E-state index in [0.717, 1.165) is 38.1 Å². The van der Waals surface area contributed by atoms with Gasteiger partial charge in [0.05, 0.1) is 4.90 Å². The molecule has 0 spiro atoms. The normalized spacial score (nSPS) is 20.1. The molecule has 2 heterocycles. The maximum Gasteiger partial charge on any atom is 0.244 e. The van der Waals surface area contributed by atoms with Crippen molar-refractivity contribution in [1.82, 2.24) is 14.5 Å². The summed E-state index contributed by atoms with van der Waals surface area (Å²) in [7, 11) is -3.70. The number of rotatable bonds is 5. The zero-order valence-corrected chi connectivity index (χ0v) is 16.8. The molecule has 2 saturated heterocycles. The lowest BCUT2D eigenvalue weighted by Crippen LogP contribution is -2.49. The van der Waals surface area contributed by atoms with E-state index in [9.17, 15) is 22.4 Å². The van der Waals surface area contributed by atoms with Crippen LogP contribution in [0, 0.1) is 11.7 Å². The molecule has 0 unspecified atom stereocenters. The standard InChI is InChI=1S/C19H26FN3O4S/c1-14(19(25)22-10-2-3-11-22)21-18(24)15-8-12-23(13-9-15)28(26,27)17-6-4-16(20)5-7-17/h4-7,14-15H,2-3,8-13H2,1H3,(H,21,24)/t14-/m0/s1. The number of benzene rings is 1. The molecule has 1 aromatic carbocycles. The van der Waals surface area contributed by atoms with Crippen LogP contribution in [0.1, 0.15) is 32.6 Å². The summed E-state index contributed by atoms with van der Waals surface area (Å²) in [5.41, 5.74) is 0. The third-order valence-electron chi connectivity index (χ3n) is 5.42. The van der Waals surface area contributed by atoms with Gasteiger partial charge in [0, 0.05) is 32.1 Å². The van der Waals surface area contributed by atoms with E-state index < -0.39 is 21.9 Å². The SMILES string of the molecule is C[C@H](NC(=O)C1CCN(S(=O)(=O)c2ccc(F)cc2)CC1)C(=O)N1CCCC1. The summed E-state index contributed by atoms with van der Waals surface area (Å²) in [6.07, 6.45) is 2.76. The Morgan fingerprint density at radius 3 is 2.21 bits per heavy atom. The second-order valence-corrected chi connectivity index (χ2v) is 9.33. The fraction of sp³-hybridized carbons (Fsp3) is 0.579. The Bertz CT molecular complexity index is 814.